The van der Waals surface area contributed by atoms with E-state index in [-0.39, 0.29) is 6.61 Å². The molecule has 4 heteroatoms. The smallest absolute Gasteiger partial charge is 0.150 e. The van der Waals surface area contributed by atoms with Crippen molar-refractivity contribution in [1.82, 2.24) is 0 Å². The van der Waals surface area contributed by atoms with Crippen LogP contribution in [0.2, 0.25) is 0 Å². The van der Waals surface area contributed by atoms with Crippen molar-refractivity contribution in [3.05, 3.63) is 0 Å². The van der Waals surface area contributed by atoms with Crippen molar-refractivity contribution in [3.63, 3.8) is 0 Å². The Hall–Kier alpha value is -0.0900. The van der Waals surface area contributed by atoms with Crippen LogP contribution in [0.1, 0.15) is 25.7 Å². The number of sulfone groups is 1. The van der Waals surface area contributed by atoms with Gasteiger partial charge >= 0.3 is 0 Å². The summed E-state index contributed by atoms with van der Waals surface area (Å²) < 4.78 is 22.4. The summed E-state index contributed by atoms with van der Waals surface area (Å²) in [6.45, 7) is 0.249. The van der Waals surface area contributed by atoms with Gasteiger partial charge in [-0.25, -0.2) is 8.42 Å². The molecule has 1 saturated heterocycles. The average molecular weight is 204 g/mol. The molecule has 0 amide bonds. The first-order chi connectivity index (χ1) is 6.08. The predicted molar refractivity (Wildman–Crippen MR) is 50.1 cm³/mol. The van der Waals surface area contributed by atoms with Crippen molar-refractivity contribution in [2.75, 3.05) is 18.1 Å². The minimum atomic E-state index is -2.71. The van der Waals surface area contributed by atoms with E-state index in [1.54, 1.807) is 0 Å². The molecule has 1 saturated carbocycles. The number of hydrogen-bond donors (Lipinski definition) is 1. The zero-order chi connectivity index (χ0) is 9.53. The fraction of sp³-hybridized carbons (Fsp3) is 1.00. The molecule has 0 radical (unpaired) electrons. The highest BCUT2D eigenvalue weighted by Crippen LogP contribution is 2.61. The summed E-state index contributed by atoms with van der Waals surface area (Å²) in [5, 5.41) is 8.78. The van der Waals surface area contributed by atoms with Gasteiger partial charge in [-0.05, 0) is 37.0 Å². The van der Waals surface area contributed by atoms with Gasteiger partial charge in [-0.2, -0.15) is 0 Å². The fourth-order valence-electron chi connectivity index (χ4n) is 2.55. The van der Waals surface area contributed by atoms with Crippen LogP contribution in [0.15, 0.2) is 0 Å². The van der Waals surface area contributed by atoms with Crippen molar-refractivity contribution >= 4 is 9.84 Å². The van der Waals surface area contributed by atoms with Gasteiger partial charge in [0.2, 0.25) is 0 Å². The third-order valence-electron chi connectivity index (χ3n) is 3.66. The minimum Gasteiger partial charge on any atom is -0.396 e. The highest BCUT2D eigenvalue weighted by molar-refractivity contribution is 7.91. The summed E-state index contributed by atoms with van der Waals surface area (Å²) in [5.41, 5.74) is 0.314. The summed E-state index contributed by atoms with van der Waals surface area (Å²) in [5.74, 6) is 1.34. The Morgan fingerprint density at radius 1 is 1.31 bits per heavy atom. The molecule has 13 heavy (non-hydrogen) atoms. The van der Waals surface area contributed by atoms with Crippen LogP contribution in [0.4, 0.5) is 0 Å². The molecule has 2 fully saturated rings. The second-order valence-corrected chi connectivity index (χ2v) is 6.73. The minimum absolute atomic E-state index is 0.249. The summed E-state index contributed by atoms with van der Waals surface area (Å²) in [4.78, 5) is 0. The van der Waals surface area contributed by atoms with E-state index in [1.165, 1.54) is 0 Å². The summed E-state index contributed by atoms with van der Waals surface area (Å²) >= 11 is 0. The Kier molecular flexibility index (Phi) is 2.15. The van der Waals surface area contributed by atoms with E-state index in [9.17, 15) is 8.42 Å². The van der Waals surface area contributed by atoms with Gasteiger partial charge in [-0.3, -0.25) is 0 Å². The van der Waals surface area contributed by atoms with Crippen molar-refractivity contribution in [3.8, 4) is 0 Å². The van der Waals surface area contributed by atoms with Gasteiger partial charge in [0.05, 0.1) is 11.5 Å². The van der Waals surface area contributed by atoms with Crippen LogP contribution in [-0.4, -0.2) is 31.6 Å². The lowest BCUT2D eigenvalue weighted by Crippen LogP contribution is -2.25. The Morgan fingerprint density at radius 3 is 2.46 bits per heavy atom. The van der Waals surface area contributed by atoms with Crippen LogP contribution in [-0.2, 0) is 9.84 Å². The summed E-state index contributed by atoms with van der Waals surface area (Å²) in [6, 6.07) is 0. The topological polar surface area (TPSA) is 54.4 Å². The van der Waals surface area contributed by atoms with Crippen molar-refractivity contribution < 1.29 is 13.5 Å². The molecular formula is C9H16O3S. The maximum Gasteiger partial charge on any atom is 0.150 e. The summed E-state index contributed by atoms with van der Waals surface area (Å²) in [7, 11) is -2.71. The van der Waals surface area contributed by atoms with Crippen LogP contribution in [0.3, 0.4) is 0 Å². The van der Waals surface area contributed by atoms with Gasteiger partial charge in [0.25, 0.3) is 0 Å². The lowest BCUT2D eigenvalue weighted by Gasteiger charge is -2.22. The molecule has 2 aliphatic rings. The molecule has 1 aliphatic heterocycles. The molecule has 0 aromatic heterocycles. The predicted octanol–water partition coefficient (Wildman–Crippen LogP) is 0.584. The van der Waals surface area contributed by atoms with Crippen LogP contribution in [0.25, 0.3) is 0 Å². The van der Waals surface area contributed by atoms with Crippen molar-refractivity contribution in [1.29, 1.82) is 0 Å². The molecule has 1 heterocycles. The first-order valence-electron chi connectivity index (χ1n) is 4.89. The number of hydrogen-bond acceptors (Lipinski definition) is 3. The monoisotopic (exact) mass is 204 g/mol. The zero-order valence-corrected chi connectivity index (χ0v) is 8.52. The second kappa shape index (κ2) is 2.95. The number of rotatable bonds is 2. The van der Waals surface area contributed by atoms with Gasteiger partial charge in [-0.1, -0.05) is 0 Å². The maximum atomic E-state index is 11.2. The second-order valence-electron chi connectivity index (χ2n) is 4.43. The van der Waals surface area contributed by atoms with Crippen LogP contribution in [0, 0.1) is 11.3 Å². The number of aliphatic hydroxyl groups is 1. The SMILES string of the molecule is O=S1(=O)CCC2(CC1)CC2CCO. The first kappa shape index (κ1) is 9.46. The molecular weight excluding hydrogens is 188 g/mol. The Morgan fingerprint density at radius 2 is 1.92 bits per heavy atom. The van der Waals surface area contributed by atoms with Crippen molar-refractivity contribution in [2.45, 2.75) is 25.7 Å². The van der Waals surface area contributed by atoms with Gasteiger partial charge in [0.1, 0.15) is 9.84 Å². The third-order valence-corrected chi connectivity index (χ3v) is 5.31. The van der Waals surface area contributed by atoms with Gasteiger partial charge in [-0.15, -0.1) is 0 Å². The van der Waals surface area contributed by atoms with E-state index in [1.807, 2.05) is 0 Å². The van der Waals surface area contributed by atoms with Gasteiger partial charge in [0.15, 0.2) is 0 Å². The molecule has 0 aromatic rings. The first-order valence-corrected chi connectivity index (χ1v) is 6.71. The van der Waals surface area contributed by atoms with Gasteiger partial charge in [0, 0.05) is 6.61 Å². The van der Waals surface area contributed by atoms with E-state index < -0.39 is 9.84 Å². The molecule has 1 N–H and O–H groups in total. The molecule has 1 spiro atoms. The van der Waals surface area contributed by atoms with E-state index in [4.69, 9.17) is 5.11 Å². The lowest BCUT2D eigenvalue weighted by atomic mass is 9.95. The molecule has 0 bridgehead atoms. The van der Waals surface area contributed by atoms with E-state index >= 15 is 0 Å². The molecule has 3 nitrogen and oxygen atoms in total. The van der Waals surface area contributed by atoms with Crippen LogP contribution >= 0.6 is 0 Å². The van der Waals surface area contributed by atoms with E-state index in [2.05, 4.69) is 0 Å². The van der Waals surface area contributed by atoms with Crippen molar-refractivity contribution in [2.24, 2.45) is 11.3 Å². The standard InChI is InChI=1S/C9H16O3S/c10-4-1-8-7-9(8)2-5-13(11,12)6-3-9/h8,10H,1-7H2. The van der Waals surface area contributed by atoms with Crippen LogP contribution in [0.5, 0.6) is 0 Å². The highest BCUT2D eigenvalue weighted by Gasteiger charge is 2.54. The molecule has 76 valence electrons. The van der Waals surface area contributed by atoms with E-state index in [0.29, 0.717) is 22.8 Å². The van der Waals surface area contributed by atoms with Crippen LogP contribution < -0.4 is 0 Å². The molecule has 1 atom stereocenters. The molecule has 1 aliphatic carbocycles. The molecule has 2 rings (SSSR count). The molecule has 0 aromatic carbocycles. The Labute approximate surface area is 79.1 Å². The average Bonchev–Trinajstić information content (AvgIpc) is 2.73. The third kappa shape index (κ3) is 1.74. The fourth-order valence-corrected chi connectivity index (χ4v) is 4.19. The quantitative estimate of drug-likeness (QED) is 0.716. The summed E-state index contributed by atoms with van der Waals surface area (Å²) in [6.07, 6.45) is 3.67. The maximum absolute atomic E-state index is 11.2. The van der Waals surface area contributed by atoms with E-state index in [0.717, 1.165) is 25.7 Å². The Bertz CT molecular complexity index is 280. The molecule has 1 unspecified atom stereocenters. The zero-order valence-electron chi connectivity index (χ0n) is 7.70. The number of aliphatic hydroxyl groups excluding tert-OH is 1. The lowest BCUT2D eigenvalue weighted by molar-refractivity contribution is 0.263. The van der Waals surface area contributed by atoms with Gasteiger partial charge < -0.3 is 5.11 Å². The largest absolute Gasteiger partial charge is 0.396 e. The highest BCUT2D eigenvalue weighted by atomic mass is 32.2. The Balaban J connectivity index is 1.93. The normalized spacial score (nSPS) is 34.7.